The van der Waals surface area contributed by atoms with Crippen molar-refractivity contribution in [3.05, 3.63) is 65.3 Å². The zero-order chi connectivity index (χ0) is 20.2. The van der Waals surface area contributed by atoms with E-state index in [0.717, 1.165) is 42.5 Å². The number of halogens is 1. The van der Waals surface area contributed by atoms with E-state index in [0.29, 0.717) is 21.7 Å². The summed E-state index contributed by atoms with van der Waals surface area (Å²) in [4.78, 5) is 6.81. The van der Waals surface area contributed by atoms with Gasteiger partial charge in [-0.2, -0.15) is 5.26 Å². The number of thiocarbonyl (C=S) groups is 1. The Morgan fingerprint density at radius 3 is 2.76 bits per heavy atom. The predicted octanol–water partition coefficient (Wildman–Crippen LogP) is 4.72. The monoisotopic (exact) mass is 421 g/mol. The van der Waals surface area contributed by atoms with Crippen LogP contribution < -0.4 is 15.5 Å². The highest BCUT2D eigenvalue weighted by atomic mass is 35.5. The van der Waals surface area contributed by atoms with Crippen molar-refractivity contribution in [3.8, 4) is 6.07 Å². The molecule has 0 spiro atoms. The first-order valence-electron chi connectivity index (χ1n) is 9.50. The fraction of sp³-hybridized carbons (Fsp3) is 0.227. The molecule has 4 rings (SSSR count). The van der Waals surface area contributed by atoms with Gasteiger partial charge < -0.3 is 15.5 Å². The van der Waals surface area contributed by atoms with Gasteiger partial charge in [0, 0.05) is 42.1 Å². The number of rotatable bonds is 3. The van der Waals surface area contributed by atoms with Crippen LogP contribution in [0.5, 0.6) is 0 Å². The van der Waals surface area contributed by atoms with Gasteiger partial charge in [0.1, 0.15) is 0 Å². The average molecular weight is 422 g/mol. The van der Waals surface area contributed by atoms with Gasteiger partial charge in [0.05, 0.1) is 22.2 Å². The minimum atomic E-state index is 0.307. The van der Waals surface area contributed by atoms with E-state index in [2.05, 4.69) is 38.7 Å². The number of benzene rings is 2. The minimum absolute atomic E-state index is 0.307. The van der Waals surface area contributed by atoms with Gasteiger partial charge in [-0.3, -0.25) is 4.98 Å². The van der Waals surface area contributed by atoms with Crippen molar-refractivity contribution in [1.29, 1.82) is 5.26 Å². The van der Waals surface area contributed by atoms with Crippen molar-refractivity contribution in [1.82, 2.24) is 10.3 Å². The summed E-state index contributed by atoms with van der Waals surface area (Å²) in [6, 6.07) is 17.7. The molecule has 1 aliphatic rings. The second-order valence-corrected chi connectivity index (χ2v) is 7.83. The minimum Gasteiger partial charge on any atom is -0.371 e. The van der Waals surface area contributed by atoms with E-state index in [1.54, 1.807) is 12.1 Å². The van der Waals surface area contributed by atoms with Crippen molar-refractivity contribution >= 4 is 51.2 Å². The van der Waals surface area contributed by atoms with Crippen LogP contribution in [-0.2, 0) is 0 Å². The summed E-state index contributed by atoms with van der Waals surface area (Å²) in [6.45, 7) is 1.85. The molecular weight excluding hydrogens is 402 g/mol. The van der Waals surface area contributed by atoms with Crippen LogP contribution in [0.3, 0.4) is 0 Å². The third kappa shape index (κ3) is 4.42. The molecule has 1 saturated heterocycles. The van der Waals surface area contributed by atoms with Crippen LogP contribution in [0.15, 0.2) is 54.7 Å². The zero-order valence-electron chi connectivity index (χ0n) is 15.7. The van der Waals surface area contributed by atoms with Gasteiger partial charge in [-0.25, -0.2) is 0 Å². The Bertz CT molecular complexity index is 1090. The van der Waals surface area contributed by atoms with Crippen LogP contribution in [0.4, 0.5) is 11.4 Å². The fourth-order valence-electron chi connectivity index (χ4n) is 3.68. The molecular formula is C22H20ClN5S. The molecule has 0 atom stereocenters. The zero-order valence-corrected chi connectivity index (χ0v) is 17.3. The summed E-state index contributed by atoms with van der Waals surface area (Å²) in [6.07, 6.45) is 3.77. The van der Waals surface area contributed by atoms with Crippen molar-refractivity contribution in [2.45, 2.75) is 18.9 Å². The molecule has 29 heavy (non-hydrogen) atoms. The first-order chi connectivity index (χ1) is 14.1. The third-order valence-corrected chi connectivity index (χ3v) is 5.64. The van der Waals surface area contributed by atoms with Crippen molar-refractivity contribution in [2.24, 2.45) is 0 Å². The quantitative estimate of drug-likeness (QED) is 0.597. The Kier molecular flexibility index (Phi) is 5.79. The molecule has 0 saturated carbocycles. The van der Waals surface area contributed by atoms with Gasteiger partial charge in [0.2, 0.25) is 0 Å². The summed E-state index contributed by atoms with van der Waals surface area (Å²) in [5.74, 6) is 0. The van der Waals surface area contributed by atoms with Gasteiger partial charge in [-0.05, 0) is 55.4 Å². The molecule has 2 heterocycles. The number of nitrogens with one attached hydrogen (secondary N) is 2. The highest BCUT2D eigenvalue weighted by Gasteiger charge is 2.21. The van der Waals surface area contributed by atoms with E-state index in [9.17, 15) is 0 Å². The van der Waals surface area contributed by atoms with Crippen LogP contribution in [0, 0.1) is 11.3 Å². The van der Waals surface area contributed by atoms with E-state index < -0.39 is 0 Å². The number of hydrogen-bond donors (Lipinski definition) is 2. The lowest BCUT2D eigenvalue weighted by molar-refractivity contribution is 0.468. The molecule has 0 aliphatic carbocycles. The predicted molar refractivity (Wildman–Crippen MR) is 123 cm³/mol. The Balaban J connectivity index is 1.37. The number of para-hydroxylation sites is 1. The van der Waals surface area contributed by atoms with Crippen LogP contribution >= 0.6 is 23.8 Å². The van der Waals surface area contributed by atoms with Gasteiger partial charge in [0.25, 0.3) is 0 Å². The van der Waals surface area contributed by atoms with Gasteiger partial charge in [-0.1, -0.05) is 29.8 Å². The summed E-state index contributed by atoms with van der Waals surface area (Å²) in [5, 5.41) is 17.9. The Morgan fingerprint density at radius 1 is 1.17 bits per heavy atom. The summed E-state index contributed by atoms with van der Waals surface area (Å²) < 4.78 is 0. The molecule has 0 unspecified atom stereocenters. The molecule has 1 aromatic heterocycles. The molecule has 7 heteroatoms. The fourth-order valence-corrected chi connectivity index (χ4v) is 4.19. The van der Waals surface area contributed by atoms with Crippen LogP contribution in [-0.4, -0.2) is 29.2 Å². The van der Waals surface area contributed by atoms with Crippen molar-refractivity contribution < 1.29 is 0 Å². The Morgan fingerprint density at radius 2 is 1.97 bits per heavy atom. The van der Waals surface area contributed by atoms with Gasteiger partial charge in [-0.15, -0.1) is 0 Å². The standard InChI is InChI=1S/C22H20ClN5S/c23-19-6-2-5-18-20(7-10-25-21(18)19)28-11-8-16(9-12-28)26-22(29)27-17-4-1-3-15(13-17)14-24/h1-7,10,13,16H,8-9,11-12H2,(H2,26,27,29). The molecule has 0 radical (unpaired) electrons. The van der Waals surface area contributed by atoms with Crippen LogP contribution in [0.2, 0.25) is 5.02 Å². The van der Waals surface area contributed by atoms with E-state index in [1.165, 1.54) is 5.69 Å². The molecule has 2 aromatic carbocycles. The highest BCUT2D eigenvalue weighted by Crippen LogP contribution is 2.31. The van der Waals surface area contributed by atoms with E-state index in [4.69, 9.17) is 29.1 Å². The van der Waals surface area contributed by atoms with Crippen molar-refractivity contribution in [3.63, 3.8) is 0 Å². The lowest BCUT2D eigenvalue weighted by atomic mass is 10.0. The number of nitrogens with zero attached hydrogens (tertiary/aromatic N) is 3. The number of fused-ring (bicyclic) bond motifs is 1. The molecule has 1 fully saturated rings. The molecule has 5 nitrogen and oxygen atoms in total. The first kappa shape index (κ1) is 19.4. The number of hydrogen-bond acceptors (Lipinski definition) is 4. The smallest absolute Gasteiger partial charge is 0.170 e. The maximum absolute atomic E-state index is 9.02. The maximum atomic E-state index is 9.02. The second-order valence-electron chi connectivity index (χ2n) is 7.02. The van der Waals surface area contributed by atoms with E-state index in [1.807, 2.05) is 30.5 Å². The number of nitriles is 1. The van der Waals surface area contributed by atoms with Gasteiger partial charge in [0.15, 0.2) is 5.11 Å². The molecule has 0 bridgehead atoms. The largest absolute Gasteiger partial charge is 0.371 e. The molecule has 1 aliphatic heterocycles. The number of aromatic nitrogens is 1. The molecule has 2 N–H and O–H groups in total. The van der Waals surface area contributed by atoms with Crippen LogP contribution in [0.1, 0.15) is 18.4 Å². The first-order valence-corrected chi connectivity index (χ1v) is 10.3. The summed E-state index contributed by atoms with van der Waals surface area (Å²) in [5.41, 5.74) is 3.44. The SMILES string of the molecule is N#Cc1cccc(NC(=S)NC2CCN(c3ccnc4c(Cl)cccc34)CC2)c1. The number of piperidine rings is 1. The topological polar surface area (TPSA) is 64.0 Å². The molecule has 0 amide bonds. The number of pyridine rings is 1. The molecule has 3 aromatic rings. The maximum Gasteiger partial charge on any atom is 0.170 e. The Hall–Kier alpha value is -2.88. The van der Waals surface area contributed by atoms with E-state index >= 15 is 0 Å². The van der Waals surface area contributed by atoms with Crippen molar-refractivity contribution in [2.75, 3.05) is 23.3 Å². The molecule has 146 valence electrons. The average Bonchev–Trinajstić information content (AvgIpc) is 2.74. The normalized spacial score (nSPS) is 14.4. The highest BCUT2D eigenvalue weighted by molar-refractivity contribution is 7.80. The lowest BCUT2D eigenvalue weighted by Gasteiger charge is -2.35. The Labute approximate surface area is 180 Å². The number of anilines is 2. The summed E-state index contributed by atoms with van der Waals surface area (Å²) >= 11 is 11.8. The lowest BCUT2D eigenvalue weighted by Crippen LogP contribution is -2.46. The van der Waals surface area contributed by atoms with E-state index in [-0.39, 0.29) is 0 Å². The third-order valence-electron chi connectivity index (χ3n) is 5.12. The van der Waals surface area contributed by atoms with Gasteiger partial charge >= 0.3 is 0 Å². The second kappa shape index (κ2) is 8.64. The van der Waals surface area contributed by atoms with Crippen LogP contribution in [0.25, 0.3) is 10.9 Å². The summed E-state index contributed by atoms with van der Waals surface area (Å²) in [7, 11) is 0.